The summed E-state index contributed by atoms with van der Waals surface area (Å²) in [5.74, 6) is 1.63. The van der Waals surface area contributed by atoms with Gasteiger partial charge >= 0.3 is 0 Å². The quantitative estimate of drug-likeness (QED) is 0.557. The molecular weight excluding hydrogens is 320 g/mol. The Balaban J connectivity index is 1.99. The van der Waals surface area contributed by atoms with Gasteiger partial charge in [0.2, 0.25) is 0 Å². The molecule has 20 heavy (non-hydrogen) atoms. The number of ether oxygens (including phenoxy) is 2. The average molecular weight is 335 g/mol. The fourth-order valence-electron chi connectivity index (χ4n) is 1.53. The SMILES string of the molecule is COc1ccc(N=Nc2ccc(OCCBr)cc2)cc1. The van der Waals surface area contributed by atoms with E-state index in [1.54, 1.807) is 7.11 Å². The number of rotatable bonds is 6. The van der Waals surface area contributed by atoms with Gasteiger partial charge in [0.15, 0.2) is 0 Å². The van der Waals surface area contributed by atoms with Crippen molar-refractivity contribution in [1.29, 1.82) is 0 Å². The minimum atomic E-state index is 0.646. The highest BCUT2D eigenvalue weighted by Gasteiger charge is 1.95. The molecule has 0 aromatic heterocycles. The molecule has 0 atom stereocenters. The Labute approximate surface area is 126 Å². The smallest absolute Gasteiger partial charge is 0.119 e. The summed E-state index contributed by atoms with van der Waals surface area (Å²) in [5.41, 5.74) is 1.57. The summed E-state index contributed by atoms with van der Waals surface area (Å²) in [7, 11) is 1.63. The molecule has 2 aromatic rings. The highest BCUT2D eigenvalue weighted by atomic mass is 79.9. The molecule has 0 unspecified atom stereocenters. The molecule has 2 rings (SSSR count). The van der Waals surface area contributed by atoms with E-state index in [-0.39, 0.29) is 0 Å². The second kappa shape index (κ2) is 7.65. The van der Waals surface area contributed by atoms with E-state index in [1.165, 1.54) is 0 Å². The van der Waals surface area contributed by atoms with Crippen LogP contribution in [0.1, 0.15) is 0 Å². The lowest BCUT2D eigenvalue weighted by atomic mass is 10.3. The first-order valence-electron chi connectivity index (χ1n) is 6.16. The zero-order valence-electron chi connectivity index (χ0n) is 11.1. The van der Waals surface area contributed by atoms with Gasteiger partial charge in [-0.1, -0.05) is 15.9 Å². The molecule has 2 aromatic carbocycles. The van der Waals surface area contributed by atoms with Crippen LogP contribution in [-0.4, -0.2) is 19.0 Å². The van der Waals surface area contributed by atoms with E-state index in [0.29, 0.717) is 6.61 Å². The molecule has 0 N–H and O–H groups in total. The molecule has 0 heterocycles. The molecule has 0 saturated carbocycles. The van der Waals surface area contributed by atoms with Gasteiger partial charge in [-0.3, -0.25) is 0 Å². The van der Waals surface area contributed by atoms with Gasteiger partial charge in [0.05, 0.1) is 25.1 Å². The van der Waals surface area contributed by atoms with Gasteiger partial charge in [0.1, 0.15) is 11.5 Å². The van der Waals surface area contributed by atoms with Gasteiger partial charge in [-0.25, -0.2) is 0 Å². The zero-order valence-corrected chi connectivity index (χ0v) is 12.7. The number of hydrogen-bond acceptors (Lipinski definition) is 4. The standard InChI is InChI=1S/C15H15BrN2O2/c1-19-14-6-2-12(3-7-14)17-18-13-4-8-15(9-5-13)20-11-10-16/h2-9H,10-11H2,1H3. The van der Waals surface area contributed by atoms with E-state index in [4.69, 9.17) is 9.47 Å². The summed E-state index contributed by atoms with van der Waals surface area (Å²) in [5, 5.41) is 9.15. The van der Waals surface area contributed by atoms with E-state index in [1.807, 2.05) is 48.5 Å². The van der Waals surface area contributed by atoms with Gasteiger partial charge in [-0.15, -0.1) is 0 Å². The first kappa shape index (κ1) is 14.5. The van der Waals surface area contributed by atoms with Gasteiger partial charge in [-0.05, 0) is 48.5 Å². The largest absolute Gasteiger partial charge is 0.497 e. The number of hydrogen-bond donors (Lipinski definition) is 0. The highest BCUT2D eigenvalue weighted by Crippen LogP contribution is 2.22. The number of nitrogens with zero attached hydrogens (tertiary/aromatic N) is 2. The van der Waals surface area contributed by atoms with Crippen LogP contribution in [0.25, 0.3) is 0 Å². The first-order valence-corrected chi connectivity index (χ1v) is 7.28. The van der Waals surface area contributed by atoms with Gasteiger partial charge in [0.25, 0.3) is 0 Å². The molecule has 5 heteroatoms. The second-order valence-electron chi connectivity index (χ2n) is 3.93. The third kappa shape index (κ3) is 4.35. The van der Waals surface area contributed by atoms with Crippen molar-refractivity contribution in [2.45, 2.75) is 0 Å². The molecule has 4 nitrogen and oxygen atoms in total. The van der Waals surface area contributed by atoms with E-state index < -0.39 is 0 Å². The fourth-order valence-corrected chi connectivity index (χ4v) is 1.69. The molecule has 0 bridgehead atoms. The number of halogens is 1. The van der Waals surface area contributed by atoms with Crippen LogP contribution in [0.3, 0.4) is 0 Å². The summed E-state index contributed by atoms with van der Waals surface area (Å²) in [6, 6.07) is 14.9. The van der Waals surface area contributed by atoms with Gasteiger partial charge < -0.3 is 9.47 Å². The molecule has 0 fully saturated rings. The summed E-state index contributed by atoms with van der Waals surface area (Å²) in [6.45, 7) is 0.646. The van der Waals surface area contributed by atoms with Crippen molar-refractivity contribution in [2.75, 3.05) is 19.0 Å². The van der Waals surface area contributed by atoms with Crippen molar-refractivity contribution in [1.82, 2.24) is 0 Å². The maximum atomic E-state index is 5.47. The molecule has 0 aliphatic heterocycles. The Morgan fingerprint density at radius 2 is 1.35 bits per heavy atom. The van der Waals surface area contributed by atoms with E-state index in [0.717, 1.165) is 28.2 Å². The summed E-state index contributed by atoms with van der Waals surface area (Å²) in [4.78, 5) is 0. The predicted molar refractivity (Wildman–Crippen MR) is 82.9 cm³/mol. The minimum Gasteiger partial charge on any atom is -0.497 e. The van der Waals surface area contributed by atoms with Crippen molar-refractivity contribution >= 4 is 27.3 Å². The number of azo groups is 1. The topological polar surface area (TPSA) is 43.2 Å². The predicted octanol–water partition coefficient (Wildman–Crippen LogP) is 4.88. The van der Waals surface area contributed by atoms with Crippen molar-refractivity contribution in [2.24, 2.45) is 10.2 Å². The summed E-state index contributed by atoms with van der Waals surface area (Å²) < 4.78 is 10.6. The van der Waals surface area contributed by atoms with Crippen LogP contribution in [0.5, 0.6) is 11.5 Å². The van der Waals surface area contributed by atoms with Crippen LogP contribution in [0.4, 0.5) is 11.4 Å². The Bertz CT molecular complexity index is 553. The van der Waals surface area contributed by atoms with E-state index >= 15 is 0 Å². The summed E-state index contributed by atoms with van der Waals surface area (Å²) >= 11 is 3.31. The van der Waals surface area contributed by atoms with E-state index in [9.17, 15) is 0 Å². The molecule has 0 aliphatic carbocycles. The Hall–Kier alpha value is -1.88. The molecule has 0 radical (unpaired) electrons. The van der Waals surface area contributed by atoms with E-state index in [2.05, 4.69) is 26.2 Å². The first-order chi connectivity index (χ1) is 9.81. The lowest BCUT2D eigenvalue weighted by molar-refractivity contribution is 0.345. The Morgan fingerprint density at radius 3 is 1.80 bits per heavy atom. The van der Waals surface area contributed by atoms with Crippen molar-refractivity contribution < 1.29 is 9.47 Å². The average Bonchev–Trinajstić information content (AvgIpc) is 2.52. The Morgan fingerprint density at radius 1 is 0.850 bits per heavy atom. The van der Waals surface area contributed by atoms with Gasteiger partial charge in [0, 0.05) is 5.33 Å². The number of benzene rings is 2. The van der Waals surface area contributed by atoms with Crippen molar-refractivity contribution in [3.05, 3.63) is 48.5 Å². The lowest BCUT2D eigenvalue weighted by Crippen LogP contribution is -1.96. The molecule has 0 spiro atoms. The number of alkyl halides is 1. The van der Waals surface area contributed by atoms with Crippen molar-refractivity contribution in [3.8, 4) is 11.5 Å². The van der Waals surface area contributed by atoms with Crippen molar-refractivity contribution in [3.63, 3.8) is 0 Å². The van der Waals surface area contributed by atoms with Crippen LogP contribution in [0, 0.1) is 0 Å². The second-order valence-corrected chi connectivity index (χ2v) is 4.72. The highest BCUT2D eigenvalue weighted by molar-refractivity contribution is 9.09. The molecule has 0 amide bonds. The maximum absolute atomic E-state index is 5.47. The summed E-state index contributed by atoms with van der Waals surface area (Å²) in [6.07, 6.45) is 0. The van der Waals surface area contributed by atoms with Gasteiger partial charge in [-0.2, -0.15) is 10.2 Å². The lowest BCUT2D eigenvalue weighted by Gasteiger charge is -2.03. The van der Waals surface area contributed by atoms with Crippen LogP contribution in [-0.2, 0) is 0 Å². The third-order valence-electron chi connectivity index (χ3n) is 2.54. The molecule has 0 aliphatic rings. The van der Waals surface area contributed by atoms with Crippen LogP contribution < -0.4 is 9.47 Å². The Kier molecular flexibility index (Phi) is 5.55. The molecule has 0 saturated heterocycles. The minimum absolute atomic E-state index is 0.646. The zero-order chi connectivity index (χ0) is 14.2. The monoisotopic (exact) mass is 334 g/mol. The van der Waals surface area contributed by atoms with Crippen LogP contribution >= 0.6 is 15.9 Å². The maximum Gasteiger partial charge on any atom is 0.119 e. The molecule has 104 valence electrons. The number of methoxy groups -OCH3 is 1. The van der Waals surface area contributed by atoms with Crippen LogP contribution in [0.15, 0.2) is 58.8 Å². The normalized spacial score (nSPS) is 10.7. The third-order valence-corrected chi connectivity index (χ3v) is 2.86. The molecular formula is C15H15BrN2O2. The fraction of sp³-hybridized carbons (Fsp3) is 0.200. The van der Waals surface area contributed by atoms with Crippen LogP contribution in [0.2, 0.25) is 0 Å².